The van der Waals surface area contributed by atoms with Crippen molar-refractivity contribution in [2.45, 2.75) is 19.9 Å². The fourth-order valence-corrected chi connectivity index (χ4v) is 1.90. The first-order chi connectivity index (χ1) is 9.15. The zero-order chi connectivity index (χ0) is 13.7. The molecule has 2 nitrogen and oxygen atoms in total. The van der Waals surface area contributed by atoms with Crippen molar-refractivity contribution in [3.63, 3.8) is 0 Å². The molecule has 2 aromatic rings. The predicted molar refractivity (Wildman–Crippen MR) is 73.1 cm³/mol. The van der Waals surface area contributed by atoms with Gasteiger partial charge in [0, 0.05) is 6.54 Å². The first-order valence-electron chi connectivity index (χ1n) is 6.21. The van der Waals surface area contributed by atoms with E-state index in [4.69, 9.17) is 0 Å². The largest absolute Gasteiger partial charge is 0.352 e. The van der Waals surface area contributed by atoms with Gasteiger partial charge in [-0.3, -0.25) is 4.79 Å². The highest BCUT2D eigenvalue weighted by atomic mass is 19.1. The Morgan fingerprint density at radius 1 is 1.16 bits per heavy atom. The van der Waals surface area contributed by atoms with E-state index in [9.17, 15) is 9.18 Å². The molecule has 0 aromatic heterocycles. The van der Waals surface area contributed by atoms with Gasteiger partial charge < -0.3 is 5.32 Å². The second kappa shape index (κ2) is 6.14. The molecular formula is C16H16FNO. The first-order valence-corrected chi connectivity index (χ1v) is 6.21. The smallest absolute Gasteiger partial charge is 0.224 e. The first kappa shape index (κ1) is 13.3. The summed E-state index contributed by atoms with van der Waals surface area (Å²) in [4.78, 5) is 11.8. The van der Waals surface area contributed by atoms with E-state index in [-0.39, 0.29) is 18.1 Å². The Balaban J connectivity index is 1.90. The highest BCUT2D eigenvalue weighted by molar-refractivity contribution is 5.78. The topological polar surface area (TPSA) is 29.1 Å². The average Bonchev–Trinajstić information content (AvgIpc) is 2.38. The molecule has 0 radical (unpaired) electrons. The molecule has 0 bridgehead atoms. The van der Waals surface area contributed by atoms with Crippen LogP contribution in [0.5, 0.6) is 0 Å². The van der Waals surface area contributed by atoms with Gasteiger partial charge in [0.1, 0.15) is 5.82 Å². The standard InChI is InChI=1S/C16H16FNO/c1-12-5-2-3-7-14(12)11-18-16(19)10-13-6-4-8-15(17)9-13/h2-9H,10-11H2,1H3,(H,18,19). The quantitative estimate of drug-likeness (QED) is 0.896. The summed E-state index contributed by atoms with van der Waals surface area (Å²) in [6.45, 7) is 2.51. The summed E-state index contributed by atoms with van der Waals surface area (Å²) in [5.74, 6) is -0.418. The van der Waals surface area contributed by atoms with Crippen LogP contribution in [0, 0.1) is 12.7 Å². The number of nitrogens with one attached hydrogen (secondary N) is 1. The second-order valence-corrected chi connectivity index (χ2v) is 4.51. The third kappa shape index (κ3) is 3.91. The molecule has 0 fully saturated rings. The summed E-state index contributed by atoms with van der Waals surface area (Å²) < 4.78 is 13.0. The van der Waals surface area contributed by atoms with Crippen LogP contribution in [0.15, 0.2) is 48.5 Å². The molecule has 0 saturated carbocycles. The average molecular weight is 257 g/mol. The van der Waals surface area contributed by atoms with E-state index in [1.165, 1.54) is 12.1 Å². The van der Waals surface area contributed by atoms with Gasteiger partial charge in [0.15, 0.2) is 0 Å². The molecule has 1 amide bonds. The van der Waals surface area contributed by atoms with Gasteiger partial charge in [-0.1, -0.05) is 36.4 Å². The third-order valence-electron chi connectivity index (χ3n) is 2.99. The maximum Gasteiger partial charge on any atom is 0.224 e. The molecule has 3 heteroatoms. The minimum absolute atomic E-state index is 0.103. The maximum atomic E-state index is 13.0. The fourth-order valence-electron chi connectivity index (χ4n) is 1.90. The van der Waals surface area contributed by atoms with Crippen molar-refractivity contribution in [2.75, 3.05) is 0 Å². The van der Waals surface area contributed by atoms with Gasteiger partial charge in [-0.15, -0.1) is 0 Å². The van der Waals surface area contributed by atoms with E-state index >= 15 is 0 Å². The van der Waals surface area contributed by atoms with Crippen LogP contribution in [0.4, 0.5) is 4.39 Å². The number of hydrogen-bond donors (Lipinski definition) is 1. The Morgan fingerprint density at radius 3 is 2.68 bits per heavy atom. The number of carbonyl (C=O) groups is 1. The number of carbonyl (C=O) groups excluding carboxylic acids is 1. The minimum Gasteiger partial charge on any atom is -0.352 e. The van der Waals surface area contributed by atoms with E-state index in [0.717, 1.165) is 11.1 Å². The molecule has 0 spiro atoms. The Morgan fingerprint density at radius 2 is 1.95 bits per heavy atom. The Hall–Kier alpha value is -2.16. The highest BCUT2D eigenvalue weighted by Gasteiger charge is 2.05. The van der Waals surface area contributed by atoms with Crippen LogP contribution in [0.25, 0.3) is 0 Å². The van der Waals surface area contributed by atoms with Crippen LogP contribution in [0.1, 0.15) is 16.7 Å². The number of rotatable bonds is 4. The molecule has 0 saturated heterocycles. The van der Waals surface area contributed by atoms with Crippen molar-refractivity contribution in [1.82, 2.24) is 5.32 Å². The SMILES string of the molecule is Cc1ccccc1CNC(=O)Cc1cccc(F)c1. The molecule has 98 valence electrons. The lowest BCUT2D eigenvalue weighted by Crippen LogP contribution is -2.24. The number of benzene rings is 2. The van der Waals surface area contributed by atoms with Gasteiger partial charge in [-0.25, -0.2) is 4.39 Å². The van der Waals surface area contributed by atoms with Crippen LogP contribution >= 0.6 is 0 Å². The molecule has 2 rings (SSSR count). The van der Waals surface area contributed by atoms with Gasteiger partial charge in [-0.2, -0.15) is 0 Å². The van der Waals surface area contributed by atoms with Gasteiger partial charge in [0.05, 0.1) is 6.42 Å². The van der Waals surface area contributed by atoms with Gasteiger partial charge in [0.25, 0.3) is 0 Å². The number of halogens is 1. The van der Waals surface area contributed by atoms with Crippen molar-refractivity contribution in [3.05, 3.63) is 71.0 Å². The van der Waals surface area contributed by atoms with Crippen LogP contribution in [0.2, 0.25) is 0 Å². The molecule has 0 unspecified atom stereocenters. The number of amides is 1. The number of aryl methyl sites for hydroxylation is 1. The van der Waals surface area contributed by atoms with E-state index < -0.39 is 0 Å². The summed E-state index contributed by atoms with van der Waals surface area (Å²) in [6.07, 6.45) is 0.198. The molecule has 0 aliphatic carbocycles. The van der Waals surface area contributed by atoms with Crippen LogP contribution in [-0.4, -0.2) is 5.91 Å². The van der Waals surface area contributed by atoms with Crippen molar-refractivity contribution < 1.29 is 9.18 Å². The summed E-state index contributed by atoms with van der Waals surface area (Å²) in [5.41, 5.74) is 2.92. The second-order valence-electron chi connectivity index (χ2n) is 4.51. The Bertz CT molecular complexity index is 580. The van der Waals surface area contributed by atoms with E-state index in [1.807, 2.05) is 31.2 Å². The fraction of sp³-hybridized carbons (Fsp3) is 0.188. The van der Waals surface area contributed by atoms with Gasteiger partial charge >= 0.3 is 0 Å². The monoisotopic (exact) mass is 257 g/mol. The summed E-state index contributed by atoms with van der Waals surface area (Å²) in [7, 11) is 0. The lowest BCUT2D eigenvalue weighted by molar-refractivity contribution is -0.120. The predicted octanol–water partition coefficient (Wildman–Crippen LogP) is 2.99. The normalized spacial score (nSPS) is 10.2. The van der Waals surface area contributed by atoms with E-state index in [0.29, 0.717) is 12.1 Å². The van der Waals surface area contributed by atoms with Crippen LogP contribution in [0.3, 0.4) is 0 Å². The molecule has 0 aliphatic heterocycles. The summed E-state index contributed by atoms with van der Waals surface area (Å²) in [6, 6.07) is 14.0. The van der Waals surface area contributed by atoms with Gasteiger partial charge in [-0.05, 0) is 35.7 Å². The van der Waals surface area contributed by atoms with Crippen molar-refractivity contribution >= 4 is 5.91 Å². The number of hydrogen-bond acceptors (Lipinski definition) is 1. The Kier molecular flexibility index (Phi) is 4.29. The summed E-state index contributed by atoms with van der Waals surface area (Å²) >= 11 is 0. The van der Waals surface area contributed by atoms with Crippen molar-refractivity contribution in [1.29, 1.82) is 0 Å². The minimum atomic E-state index is -0.316. The highest BCUT2D eigenvalue weighted by Crippen LogP contribution is 2.07. The van der Waals surface area contributed by atoms with Crippen molar-refractivity contribution in [3.8, 4) is 0 Å². The molecule has 19 heavy (non-hydrogen) atoms. The van der Waals surface area contributed by atoms with E-state index in [1.54, 1.807) is 12.1 Å². The molecule has 0 atom stereocenters. The third-order valence-corrected chi connectivity index (χ3v) is 2.99. The van der Waals surface area contributed by atoms with Crippen LogP contribution in [-0.2, 0) is 17.8 Å². The maximum absolute atomic E-state index is 13.0. The zero-order valence-corrected chi connectivity index (χ0v) is 10.8. The van der Waals surface area contributed by atoms with Crippen molar-refractivity contribution in [2.24, 2.45) is 0 Å². The summed E-state index contributed by atoms with van der Waals surface area (Å²) in [5, 5.41) is 2.85. The molecule has 0 heterocycles. The Labute approximate surface area is 112 Å². The van der Waals surface area contributed by atoms with E-state index in [2.05, 4.69) is 5.32 Å². The molecule has 0 aliphatic rings. The lowest BCUT2D eigenvalue weighted by Gasteiger charge is -2.08. The molecule has 1 N–H and O–H groups in total. The zero-order valence-electron chi connectivity index (χ0n) is 10.8. The van der Waals surface area contributed by atoms with Gasteiger partial charge in [0.2, 0.25) is 5.91 Å². The molecular weight excluding hydrogens is 241 g/mol. The molecule has 2 aromatic carbocycles. The lowest BCUT2D eigenvalue weighted by atomic mass is 10.1. The van der Waals surface area contributed by atoms with Crippen LogP contribution < -0.4 is 5.32 Å².